The number of rotatable bonds is 5. The number of ketones is 1. The van der Waals surface area contributed by atoms with Crippen molar-refractivity contribution in [1.82, 2.24) is 0 Å². The summed E-state index contributed by atoms with van der Waals surface area (Å²) in [5.41, 5.74) is 0. The van der Waals surface area contributed by atoms with Gasteiger partial charge in [0.15, 0.2) is 5.78 Å². The molecule has 0 N–H and O–H groups in total. The number of carbonyl (C=O) groups excluding carboxylic acids is 1. The molecule has 0 fully saturated rings. The van der Waals surface area contributed by atoms with Gasteiger partial charge in [-0.1, -0.05) is 25.8 Å². The smallest absolute Gasteiger partial charge is 0.170 e. The summed E-state index contributed by atoms with van der Waals surface area (Å²) in [6.07, 6.45) is 6.74. The molecule has 0 unspecified atom stereocenters. The summed E-state index contributed by atoms with van der Waals surface area (Å²) in [4.78, 5) is 10.6. The van der Waals surface area contributed by atoms with Crippen LogP contribution < -0.4 is 0 Å². The van der Waals surface area contributed by atoms with Crippen molar-refractivity contribution >= 4 is 17.4 Å². The second-order valence-electron chi connectivity index (χ2n) is 2.14. The molecular formula is C8H13ClO. The number of unbranched alkanes of at least 4 members (excludes halogenated alkanes) is 2. The lowest BCUT2D eigenvalue weighted by atomic mass is 10.2. The van der Waals surface area contributed by atoms with Crippen LogP contribution in [0.1, 0.15) is 26.2 Å². The molecule has 0 aromatic heterocycles. The molecule has 0 radical (unpaired) electrons. The summed E-state index contributed by atoms with van der Waals surface area (Å²) in [6, 6.07) is 0. The van der Waals surface area contributed by atoms with Gasteiger partial charge in [0, 0.05) is 0 Å². The molecule has 0 spiro atoms. The Balaban J connectivity index is 3.27. The zero-order valence-corrected chi connectivity index (χ0v) is 7.03. The molecule has 0 saturated carbocycles. The van der Waals surface area contributed by atoms with Crippen LogP contribution >= 0.6 is 11.6 Å². The number of hydrogen-bond acceptors (Lipinski definition) is 1. The first kappa shape index (κ1) is 9.70. The largest absolute Gasteiger partial charge is 0.294 e. The Hall–Kier alpha value is -0.300. The van der Waals surface area contributed by atoms with Gasteiger partial charge in [0.25, 0.3) is 0 Å². The molecule has 0 aromatic rings. The van der Waals surface area contributed by atoms with E-state index in [1.54, 1.807) is 6.08 Å². The Kier molecular flexibility index (Phi) is 6.61. The summed E-state index contributed by atoms with van der Waals surface area (Å²) in [5, 5.41) is 0. The zero-order chi connectivity index (χ0) is 7.82. The highest BCUT2D eigenvalue weighted by atomic mass is 35.5. The van der Waals surface area contributed by atoms with Crippen LogP contribution in [0.4, 0.5) is 0 Å². The molecule has 0 aliphatic carbocycles. The van der Waals surface area contributed by atoms with Crippen LogP contribution in [0.25, 0.3) is 0 Å². The average molecular weight is 161 g/mol. The predicted octanol–water partition coefficient (Wildman–Crippen LogP) is 2.54. The minimum Gasteiger partial charge on any atom is -0.294 e. The SMILES string of the molecule is CCCC/C=C/C(=O)CCl. The van der Waals surface area contributed by atoms with E-state index in [4.69, 9.17) is 11.6 Å². The van der Waals surface area contributed by atoms with Gasteiger partial charge in [0.2, 0.25) is 0 Å². The third-order valence-electron chi connectivity index (χ3n) is 1.16. The van der Waals surface area contributed by atoms with Crippen LogP contribution in [0.5, 0.6) is 0 Å². The summed E-state index contributed by atoms with van der Waals surface area (Å²) in [7, 11) is 0. The molecule has 10 heavy (non-hydrogen) atoms. The zero-order valence-electron chi connectivity index (χ0n) is 6.27. The monoisotopic (exact) mass is 160 g/mol. The number of carbonyl (C=O) groups is 1. The lowest BCUT2D eigenvalue weighted by Crippen LogP contribution is -1.91. The van der Waals surface area contributed by atoms with Gasteiger partial charge in [-0.3, -0.25) is 4.79 Å². The fourth-order valence-electron chi connectivity index (χ4n) is 0.581. The van der Waals surface area contributed by atoms with E-state index < -0.39 is 0 Å². The first-order valence-corrected chi connectivity index (χ1v) is 4.10. The van der Waals surface area contributed by atoms with Crippen molar-refractivity contribution in [2.75, 3.05) is 5.88 Å². The maximum Gasteiger partial charge on any atom is 0.170 e. The maximum atomic E-state index is 10.6. The van der Waals surface area contributed by atoms with E-state index in [0.29, 0.717) is 0 Å². The van der Waals surface area contributed by atoms with Gasteiger partial charge >= 0.3 is 0 Å². The molecule has 0 atom stereocenters. The third kappa shape index (κ3) is 5.83. The van der Waals surface area contributed by atoms with Crippen molar-refractivity contribution in [3.8, 4) is 0 Å². The van der Waals surface area contributed by atoms with Gasteiger partial charge < -0.3 is 0 Å². The molecule has 0 aliphatic rings. The summed E-state index contributed by atoms with van der Waals surface area (Å²) < 4.78 is 0. The number of alkyl halides is 1. The van der Waals surface area contributed by atoms with Crippen LogP contribution in [0.15, 0.2) is 12.2 Å². The highest BCUT2D eigenvalue weighted by molar-refractivity contribution is 6.29. The molecule has 0 aliphatic heterocycles. The Morgan fingerprint density at radius 2 is 2.30 bits per heavy atom. The standard InChI is InChI=1S/C8H13ClO/c1-2-3-4-5-6-8(10)7-9/h5-6H,2-4,7H2,1H3/b6-5+. The lowest BCUT2D eigenvalue weighted by Gasteiger charge is -1.86. The van der Waals surface area contributed by atoms with Gasteiger partial charge in [0.1, 0.15) is 0 Å². The molecule has 58 valence electrons. The van der Waals surface area contributed by atoms with E-state index in [1.165, 1.54) is 6.42 Å². The molecule has 0 bridgehead atoms. The van der Waals surface area contributed by atoms with Gasteiger partial charge in [-0.2, -0.15) is 0 Å². The first-order valence-electron chi connectivity index (χ1n) is 3.56. The highest BCUT2D eigenvalue weighted by Gasteiger charge is 1.88. The number of halogens is 1. The Bertz CT molecular complexity index is 118. The fourth-order valence-corrected chi connectivity index (χ4v) is 0.670. The topological polar surface area (TPSA) is 17.1 Å². The van der Waals surface area contributed by atoms with Gasteiger partial charge in [-0.05, 0) is 12.5 Å². The van der Waals surface area contributed by atoms with Crippen LogP contribution in [0.3, 0.4) is 0 Å². The van der Waals surface area contributed by atoms with Crippen LogP contribution in [0.2, 0.25) is 0 Å². The van der Waals surface area contributed by atoms with Gasteiger partial charge in [-0.15, -0.1) is 11.6 Å². The van der Waals surface area contributed by atoms with Crippen molar-refractivity contribution in [3.05, 3.63) is 12.2 Å². The van der Waals surface area contributed by atoms with Crippen LogP contribution in [-0.2, 0) is 4.79 Å². The molecule has 0 saturated heterocycles. The van der Waals surface area contributed by atoms with Crippen LogP contribution in [-0.4, -0.2) is 11.7 Å². The van der Waals surface area contributed by atoms with E-state index in [0.717, 1.165) is 12.8 Å². The van der Waals surface area contributed by atoms with E-state index >= 15 is 0 Å². The minimum atomic E-state index is -0.00207. The molecule has 2 heteroatoms. The molecule has 0 heterocycles. The summed E-state index contributed by atoms with van der Waals surface area (Å²) in [5.74, 6) is 0.0978. The summed E-state index contributed by atoms with van der Waals surface area (Å²) in [6.45, 7) is 2.12. The van der Waals surface area contributed by atoms with Crippen molar-refractivity contribution < 1.29 is 4.79 Å². The lowest BCUT2D eigenvalue weighted by molar-refractivity contribution is -0.112. The fraction of sp³-hybridized carbons (Fsp3) is 0.625. The van der Waals surface area contributed by atoms with E-state index in [-0.39, 0.29) is 11.7 Å². The van der Waals surface area contributed by atoms with Crippen LogP contribution in [0, 0.1) is 0 Å². The van der Waals surface area contributed by atoms with E-state index in [9.17, 15) is 4.79 Å². The molecular weight excluding hydrogens is 148 g/mol. The van der Waals surface area contributed by atoms with Gasteiger partial charge in [-0.25, -0.2) is 0 Å². The van der Waals surface area contributed by atoms with Crippen molar-refractivity contribution in [2.45, 2.75) is 26.2 Å². The Morgan fingerprint density at radius 1 is 1.60 bits per heavy atom. The molecule has 0 aromatic carbocycles. The second kappa shape index (κ2) is 6.81. The average Bonchev–Trinajstić information content (AvgIpc) is 1.98. The first-order chi connectivity index (χ1) is 4.81. The van der Waals surface area contributed by atoms with Crippen molar-refractivity contribution in [1.29, 1.82) is 0 Å². The normalized spacial score (nSPS) is 10.6. The third-order valence-corrected chi connectivity index (χ3v) is 1.42. The maximum absolute atomic E-state index is 10.6. The van der Waals surface area contributed by atoms with Crippen molar-refractivity contribution in [2.24, 2.45) is 0 Å². The predicted molar refractivity (Wildman–Crippen MR) is 44.4 cm³/mol. The molecule has 0 amide bonds. The number of allylic oxidation sites excluding steroid dienone is 2. The van der Waals surface area contributed by atoms with Gasteiger partial charge in [0.05, 0.1) is 5.88 Å². The number of hydrogen-bond donors (Lipinski definition) is 0. The highest BCUT2D eigenvalue weighted by Crippen LogP contribution is 1.95. The Labute approximate surface area is 67.1 Å². The van der Waals surface area contributed by atoms with E-state index in [1.807, 2.05) is 6.08 Å². The Morgan fingerprint density at radius 3 is 2.80 bits per heavy atom. The minimum absolute atomic E-state index is 0.00207. The van der Waals surface area contributed by atoms with E-state index in [2.05, 4.69) is 6.92 Å². The van der Waals surface area contributed by atoms with Crippen molar-refractivity contribution in [3.63, 3.8) is 0 Å². The molecule has 1 nitrogen and oxygen atoms in total. The molecule has 0 rings (SSSR count). The quantitative estimate of drug-likeness (QED) is 0.343. The second-order valence-corrected chi connectivity index (χ2v) is 2.41. The summed E-state index contributed by atoms with van der Waals surface area (Å²) >= 11 is 5.26.